The monoisotopic (exact) mass is 383 g/mol. The number of thiazole rings is 1. The average Bonchev–Trinajstić information content (AvgIpc) is 2.90. The Hall–Kier alpha value is -1.84. The minimum absolute atomic E-state index is 0.0481. The van der Waals surface area contributed by atoms with Gasteiger partial charge in [0.25, 0.3) is 5.91 Å². The largest absolute Gasteiger partial charge is 0.434 e. The highest BCUT2D eigenvalue weighted by Crippen LogP contribution is 2.31. The molecule has 1 heterocycles. The van der Waals surface area contributed by atoms with Gasteiger partial charge in [-0.3, -0.25) is 15.4 Å². The fourth-order valence-corrected chi connectivity index (χ4v) is 2.54. The number of carbonyl (C=O) groups is 2. The molecule has 0 radical (unpaired) electrons. The molecule has 122 valence electrons. The summed E-state index contributed by atoms with van der Waals surface area (Å²) in [5.74, 6) is -0.859. The summed E-state index contributed by atoms with van der Waals surface area (Å²) in [6.45, 7) is 0. The van der Waals surface area contributed by atoms with Crippen LogP contribution in [0.25, 0.3) is 0 Å². The van der Waals surface area contributed by atoms with Crippen molar-refractivity contribution in [1.82, 2.24) is 10.3 Å². The van der Waals surface area contributed by atoms with Crippen LogP contribution in [0.5, 0.6) is 0 Å². The molecule has 0 aliphatic rings. The van der Waals surface area contributed by atoms with E-state index in [0.717, 1.165) is 5.38 Å². The number of nitrogens with one attached hydrogen (secondary N) is 2. The molecule has 0 unspecified atom stereocenters. The van der Waals surface area contributed by atoms with Crippen LogP contribution in [-0.2, 0) is 6.18 Å². The van der Waals surface area contributed by atoms with Crippen molar-refractivity contribution in [3.05, 3.63) is 44.9 Å². The van der Waals surface area contributed by atoms with Crippen molar-refractivity contribution < 1.29 is 22.8 Å². The molecule has 0 bridgehead atoms. The molecule has 1 aromatic heterocycles. The minimum Gasteiger partial charge on any atom is -0.283 e. The first kappa shape index (κ1) is 17.5. The highest BCUT2D eigenvalue weighted by molar-refractivity contribution is 7.13. The molecule has 0 saturated carbocycles. The van der Waals surface area contributed by atoms with Crippen molar-refractivity contribution in [1.29, 1.82) is 0 Å². The van der Waals surface area contributed by atoms with Gasteiger partial charge >= 0.3 is 12.2 Å². The van der Waals surface area contributed by atoms with E-state index in [2.05, 4.69) is 4.98 Å². The Balaban J connectivity index is 2.03. The number of rotatable bonds is 2. The Labute approximate surface area is 141 Å². The highest BCUT2D eigenvalue weighted by Gasteiger charge is 2.34. The summed E-state index contributed by atoms with van der Waals surface area (Å²) in [6, 6.07) is 3.20. The van der Waals surface area contributed by atoms with Gasteiger partial charge in [-0.25, -0.2) is 9.78 Å². The van der Waals surface area contributed by atoms with Crippen molar-refractivity contribution >= 4 is 51.6 Å². The number of halogens is 5. The maximum absolute atomic E-state index is 12.4. The number of alkyl halides is 3. The summed E-state index contributed by atoms with van der Waals surface area (Å²) in [7, 11) is 0. The number of anilines is 1. The number of imide groups is 1. The van der Waals surface area contributed by atoms with Crippen molar-refractivity contribution in [2.75, 3.05) is 5.32 Å². The van der Waals surface area contributed by atoms with Crippen molar-refractivity contribution in [2.24, 2.45) is 0 Å². The molecule has 5 nitrogen and oxygen atoms in total. The molecular formula is C12H6Cl2F3N3O2S. The number of urea groups is 1. The van der Waals surface area contributed by atoms with Gasteiger partial charge < -0.3 is 0 Å². The van der Waals surface area contributed by atoms with Gasteiger partial charge in [0.2, 0.25) is 0 Å². The first-order chi connectivity index (χ1) is 10.7. The second-order valence-corrected chi connectivity index (χ2v) is 5.69. The van der Waals surface area contributed by atoms with Crippen molar-refractivity contribution in [3.63, 3.8) is 0 Å². The van der Waals surface area contributed by atoms with Gasteiger partial charge in [-0.1, -0.05) is 29.3 Å². The second kappa shape index (κ2) is 6.73. The van der Waals surface area contributed by atoms with Gasteiger partial charge in [0.15, 0.2) is 10.8 Å². The summed E-state index contributed by atoms with van der Waals surface area (Å²) in [5, 5.41) is 4.45. The van der Waals surface area contributed by atoms with Gasteiger partial charge in [-0.15, -0.1) is 11.3 Å². The normalized spacial score (nSPS) is 11.2. The zero-order chi connectivity index (χ0) is 17.2. The average molecular weight is 384 g/mol. The zero-order valence-corrected chi connectivity index (χ0v) is 13.2. The van der Waals surface area contributed by atoms with E-state index in [-0.39, 0.29) is 20.7 Å². The van der Waals surface area contributed by atoms with E-state index in [0.29, 0.717) is 11.3 Å². The summed E-state index contributed by atoms with van der Waals surface area (Å²) in [4.78, 5) is 26.7. The topological polar surface area (TPSA) is 71.1 Å². The quantitative estimate of drug-likeness (QED) is 0.805. The number of amides is 3. The summed E-state index contributed by atoms with van der Waals surface area (Å²) in [6.07, 6.45) is -4.61. The lowest BCUT2D eigenvalue weighted by molar-refractivity contribution is -0.140. The van der Waals surface area contributed by atoms with E-state index in [1.807, 2.05) is 10.6 Å². The van der Waals surface area contributed by atoms with Gasteiger partial charge in [-0.2, -0.15) is 13.2 Å². The van der Waals surface area contributed by atoms with Gasteiger partial charge in [0, 0.05) is 5.38 Å². The molecule has 0 aliphatic carbocycles. The van der Waals surface area contributed by atoms with E-state index in [1.165, 1.54) is 18.2 Å². The lowest BCUT2D eigenvalue weighted by Gasteiger charge is -2.07. The molecule has 0 atom stereocenters. The van der Waals surface area contributed by atoms with Crippen molar-refractivity contribution in [2.45, 2.75) is 6.18 Å². The van der Waals surface area contributed by atoms with Crippen LogP contribution < -0.4 is 10.6 Å². The molecule has 2 N–H and O–H groups in total. The van der Waals surface area contributed by atoms with E-state index in [1.54, 1.807) is 0 Å². The first-order valence-corrected chi connectivity index (χ1v) is 7.41. The first-order valence-electron chi connectivity index (χ1n) is 5.77. The summed E-state index contributed by atoms with van der Waals surface area (Å²) < 4.78 is 37.2. The third-order valence-corrected chi connectivity index (χ3v) is 4.01. The maximum atomic E-state index is 12.4. The molecule has 11 heteroatoms. The molecule has 0 spiro atoms. The Morgan fingerprint density at radius 3 is 2.52 bits per heavy atom. The Morgan fingerprint density at radius 2 is 1.91 bits per heavy atom. The highest BCUT2D eigenvalue weighted by atomic mass is 35.5. The molecule has 2 aromatic rings. The lowest BCUT2D eigenvalue weighted by atomic mass is 10.2. The van der Waals surface area contributed by atoms with E-state index in [9.17, 15) is 22.8 Å². The molecule has 1 aromatic carbocycles. The molecule has 0 aliphatic heterocycles. The number of benzene rings is 1. The Morgan fingerprint density at radius 1 is 1.22 bits per heavy atom. The predicted octanol–water partition coefficient (Wildman–Crippen LogP) is 4.43. The lowest BCUT2D eigenvalue weighted by Crippen LogP contribution is -2.34. The number of hydrogen-bond acceptors (Lipinski definition) is 4. The van der Waals surface area contributed by atoms with Crippen LogP contribution in [0.2, 0.25) is 10.0 Å². The standard InChI is InChI=1S/C12H6Cl2F3N3O2S/c13-6-3-1-2-5(8(6)14)9(21)19-10(22)20-11-18-7(4-23-11)12(15,16)17/h1-4H,(H2,18,19,20,21,22). The van der Waals surface area contributed by atoms with Crippen LogP contribution in [0.4, 0.5) is 23.1 Å². The molecular weight excluding hydrogens is 378 g/mol. The molecule has 0 saturated heterocycles. The second-order valence-electron chi connectivity index (χ2n) is 4.05. The van der Waals surface area contributed by atoms with E-state index in [4.69, 9.17) is 23.2 Å². The van der Waals surface area contributed by atoms with Gasteiger partial charge in [0.05, 0.1) is 15.6 Å². The Kier molecular flexibility index (Phi) is 5.12. The fraction of sp³-hybridized carbons (Fsp3) is 0.0833. The van der Waals surface area contributed by atoms with Crippen LogP contribution in [0.15, 0.2) is 23.6 Å². The number of carbonyl (C=O) groups excluding carboxylic acids is 2. The predicted molar refractivity (Wildman–Crippen MR) is 80.1 cm³/mol. The summed E-state index contributed by atoms with van der Waals surface area (Å²) in [5.41, 5.74) is -1.19. The van der Waals surface area contributed by atoms with E-state index >= 15 is 0 Å². The number of nitrogens with zero attached hydrogens (tertiary/aromatic N) is 1. The fourth-order valence-electron chi connectivity index (χ4n) is 1.44. The number of hydrogen-bond donors (Lipinski definition) is 2. The van der Waals surface area contributed by atoms with Crippen LogP contribution in [-0.4, -0.2) is 16.9 Å². The minimum atomic E-state index is -4.61. The van der Waals surface area contributed by atoms with Crippen LogP contribution >= 0.6 is 34.5 Å². The van der Waals surface area contributed by atoms with Gasteiger partial charge in [0.1, 0.15) is 0 Å². The number of aromatic nitrogens is 1. The maximum Gasteiger partial charge on any atom is 0.434 e. The molecule has 0 fully saturated rings. The van der Waals surface area contributed by atoms with Gasteiger partial charge in [-0.05, 0) is 12.1 Å². The Bertz CT molecular complexity index is 764. The molecule has 3 amide bonds. The third kappa shape index (κ3) is 4.34. The van der Waals surface area contributed by atoms with Crippen LogP contribution in [0, 0.1) is 0 Å². The van der Waals surface area contributed by atoms with E-state index < -0.39 is 23.8 Å². The van der Waals surface area contributed by atoms with Crippen LogP contribution in [0.3, 0.4) is 0 Å². The third-order valence-electron chi connectivity index (χ3n) is 2.44. The van der Waals surface area contributed by atoms with Crippen molar-refractivity contribution in [3.8, 4) is 0 Å². The smallest absolute Gasteiger partial charge is 0.283 e. The van der Waals surface area contributed by atoms with Crippen LogP contribution in [0.1, 0.15) is 16.1 Å². The zero-order valence-electron chi connectivity index (χ0n) is 10.9. The molecule has 2 rings (SSSR count). The summed E-state index contributed by atoms with van der Waals surface area (Å²) >= 11 is 12.1. The molecule has 23 heavy (non-hydrogen) atoms. The SMILES string of the molecule is O=C(NC(=O)c1cccc(Cl)c1Cl)Nc1nc(C(F)(F)F)cs1.